The normalized spacial score (nSPS) is 12.5. The van der Waals surface area contributed by atoms with Crippen molar-refractivity contribution in [2.75, 3.05) is 0 Å². The number of hydrogen-bond donors (Lipinski definition) is 1. The topological polar surface area (TPSA) is 77.0 Å². The van der Waals surface area contributed by atoms with Gasteiger partial charge in [-0.2, -0.15) is 0 Å². The first-order valence-electron chi connectivity index (χ1n) is 7.27. The van der Waals surface area contributed by atoms with E-state index < -0.39 is 0 Å². The third kappa shape index (κ3) is 3.30. The number of aromatic nitrogens is 4. The zero-order chi connectivity index (χ0) is 16.4. The van der Waals surface area contributed by atoms with Gasteiger partial charge in [0.25, 0.3) is 0 Å². The van der Waals surface area contributed by atoms with Gasteiger partial charge < -0.3 is 14.1 Å². The Hall–Kier alpha value is -2.12. The van der Waals surface area contributed by atoms with Crippen molar-refractivity contribution < 1.29 is 9.52 Å². The monoisotopic (exact) mass is 330 g/mol. The SMILES string of the molecule is Cc1ccc(-c2nnc(C(C)Sc3ncc(CO)n3C)o2)cc1. The first-order chi connectivity index (χ1) is 11.1. The predicted octanol–water partition coefficient (Wildman–Crippen LogP) is 3.12. The molecule has 2 heterocycles. The summed E-state index contributed by atoms with van der Waals surface area (Å²) >= 11 is 1.51. The molecule has 7 heteroatoms. The predicted molar refractivity (Wildman–Crippen MR) is 87.9 cm³/mol. The molecule has 6 nitrogen and oxygen atoms in total. The van der Waals surface area contributed by atoms with Crippen molar-refractivity contribution in [1.82, 2.24) is 19.7 Å². The van der Waals surface area contributed by atoms with Crippen LogP contribution in [0.5, 0.6) is 0 Å². The maximum atomic E-state index is 9.22. The molecule has 3 rings (SSSR count). The number of imidazole rings is 1. The Morgan fingerprint density at radius 3 is 2.65 bits per heavy atom. The molecule has 0 radical (unpaired) electrons. The molecule has 0 spiro atoms. The molecule has 0 saturated carbocycles. The lowest BCUT2D eigenvalue weighted by Crippen LogP contribution is -1.99. The zero-order valence-corrected chi connectivity index (χ0v) is 14.0. The van der Waals surface area contributed by atoms with Gasteiger partial charge in [-0.3, -0.25) is 0 Å². The minimum atomic E-state index is -0.0330. The van der Waals surface area contributed by atoms with E-state index in [4.69, 9.17) is 4.42 Å². The largest absolute Gasteiger partial charge is 0.419 e. The number of aliphatic hydroxyl groups excluding tert-OH is 1. The number of rotatable bonds is 5. The van der Waals surface area contributed by atoms with Gasteiger partial charge in [-0.15, -0.1) is 10.2 Å². The molecule has 0 saturated heterocycles. The van der Waals surface area contributed by atoms with Crippen LogP contribution in [-0.4, -0.2) is 24.9 Å². The van der Waals surface area contributed by atoms with Crippen molar-refractivity contribution in [1.29, 1.82) is 0 Å². The molecule has 2 aromatic heterocycles. The van der Waals surface area contributed by atoms with E-state index in [0.29, 0.717) is 11.8 Å². The Labute approximate surface area is 138 Å². The third-order valence-electron chi connectivity index (χ3n) is 3.57. The molecule has 0 bridgehead atoms. The molecule has 1 N–H and O–H groups in total. The van der Waals surface area contributed by atoms with Gasteiger partial charge in [0.2, 0.25) is 11.8 Å². The second kappa shape index (κ2) is 6.55. The highest BCUT2D eigenvalue weighted by Gasteiger charge is 2.19. The van der Waals surface area contributed by atoms with Gasteiger partial charge in [0, 0.05) is 12.6 Å². The molecule has 120 valence electrons. The van der Waals surface area contributed by atoms with Gasteiger partial charge in [0.1, 0.15) is 0 Å². The summed E-state index contributed by atoms with van der Waals surface area (Å²) in [6, 6.07) is 7.97. The second-order valence-electron chi connectivity index (χ2n) is 5.32. The minimum Gasteiger partial charge on any atom is -0.419 e. The highest BCUT2D eigenvalue weighted by Crippen LogP contribution is 2.34. The van der Waals surface area contributed by atoms with Gasteiger partial charge in [-0.05, 0) is 26.0 Å². The Balaban J connectivity index is 1.76. The highest BCUT2D eigenvalue weighted by molar-refractivity contribution is 7.99. The summed E-state index contributed by atoms with van der Waals surface area (Å²) in [7, 11) is 1.87. The van der Waals surface area contributed by atoms with E-state index in [2.05, 4.69) is 15.2 Å². The van der Waals surface area contributed by atoms with E-state index in [1.807, 2.05) is 49.7 Å². The summed E-state index contributed by atoms with van der Waals surface area (Å²) in [5.41, 5.74) is 2.86. The van der Waals surface area contributed by atoms with Crippen LogP contribution in [0, 0.1) is 6.92 Å². The smallest absolute Gasteiger partial charge is 0.247 e. The van der Waals surface area contributed by atoms with Crippen molar-refractivity contribution in [3.05, 3.63) is 47.6 Å². The molecule has 1 atom stereocenters. The van der Waals surface area contributed by atoms with Crippen LogP contribution in [0.25, 0.3) is 11.5 Å². The number of aliphatic hydroxyl groups is 1. The summed E-state index contributed by atoms with van der Waals surface area (Å²) in [4.78, 5) is 4.30. The van der Waals surface area contributed by atoms with E-state index in [-0.39, 0.29) is 11.9 Å². The van der Waals surface area contributed by atoms with Crippen molar-refractivity contribution in [2.45, 2.75) is 30.9 Å². The molecule has 0 amide bonds. The number of hydrogen-bond acceptors (Lipinski definition) is 6. The van der Waals surface area contributed by atoms with E-state index >= 15 is 0 Å². The van der Waals surface area contributed by atoms with Crippen LogP contribution >= 0.6 is 11.8 Å². The quantitative estimate of drug-likeness (QED) is 0.724. The van der Waals surface area contributed by atoms with Gasteiger partial charge in [0.05, 0.1) is 23.7 Å². The summed E-state index contributed by atoms with van der Waals surface area (Å²) < 4.78 is 7.65. The fourth-order valence-electron chi connectivity index (χ4n) is 2.10. The lowest BCUT2D eigenvalue weighted by atomic mass is 10.1. The summed E-state index contributed by atoms with van der Waals surface area (Å²) in [6.07, 6.45) is 1.67. The minimum absolute atomic E-state index is 0.0312. The first-order valence-corrected chi connectivity index (χ1v) is 8.15. The van der Waals surface area contributed by atoms with Gasteiger partial charge in [-0.25, -0.2) is 4.98 Å². The Bertz CT molecular complexity index is 795. The second-order valence-corrected chi connectivity index (χ2v) is 6.63. The number of nitrogens with zero attached hydrogens (tertiary/aromatic N) is 4. The summed E-state index contributed by atoms with van der Waals surface area (Å²) in [5, 5.41) is 18.3. The van der Waals surface area contributed by atoms with Crippen molar-refractivity contribution in [2.24, 2.45) is 7.05 Å². The Morgan fingerprint density at radius 1 is 1.26 bits per heavy atom. The summed E-state index contributed by atoms with van der Waals surface area (Å²) in [6.45, 7) is 4.00. The Morgan fingerprint density at radius 2 is 2.00 bits per heavy atom. The van der Waals surface area contributed by atoms with Gasteiger partial charge in [-0.1, -0.05) is 29.5 Å². The number of benzene rings is 1. The molecule has 0 aliphatic carbocycles. The van der Waals surface area contributed by atoms with Crippen LogP contribution in [0.3, 0.4) is 0 Å². The van der Waals surface area contributed by atoms with Crippen molar-refractivity contribution in [3.8, 4) is 11.5 Å². The van der Waals surface area contributed by atoms with Crippen LogP contribution in [-0.2, 0) is 13.7 Å². The molecule has 3 aromatic rings. The number of aryl methyl sites for hydroxylation is 1. The average molecular weight is 330 g/mol. The average Bonchev–Trinajstić information content (AvgIpc) is 3.16. The maximum absolute atomic E-state index is 9.22. The fraction of sp³-hybridized carbons (Fsp3) is 0.312. The van der Waals surface area contributed by atoms with Gasteiger partial charge in [0.15, 0.2) is 5.16 Å². The lowest BCUT2D eigenvalue weighted by molar-refractivity contribution is 0.271. The molecule has 23 heavy (non-hydrogen) atoms. The fourth-order valence-corrected chi connectivity index (χ4v) is 3.00. The van der Waals surface area contributed by atoms with Crippen LogP contribution < -0.4 is 0 Å². The molecular weight excluding hydrogens is 312 g/mol. The Kier molecular flexibility index (Phi) is 4.49. The zero-order valence-electron chi connectivity index (χ0n) is 13.2. The molecule has 0 aliphatic heterocycles. The van der Waals surface area contributed by atoms with Crippen LogP contribution in [0.15, 0.2) is 40.0 Å². The molecule has 1 unspecified atom stereocenters. The highest BCUT2D eigenvalue weighted by atomic mass is 32.2. The van der Waals surface area contributed by atoms with Crippen LogP contribution in [0.2, 0.25) is 0 Å². The standard InChI is InChI=1S/C16H18N4O2S/c1-10-4-6-12(7-5-10)15-19-18-14(22-15)11(2)23-16-17-8-13(9-21)20(16)3/h4-8,11,21H,9H2,1-3H3. The van der Waals surface area contributed by atoms with Crippen LogP contribution in [0.1, 0.15) is 29.3 Å². The van der Waals surface area contributed by atoms with Gasteiger partial charge >= 0.3 is 0 Å². The van der Waals surface area contributed by atoms with E-state index in [9.17, 15) is 5.11 Å². The maximum Gasteiger partial charge on any atom is 0.247 e. The molecule has 0 aliphatic rings. The van der Waals surface area contributed by atoms with E-state index in [1.165, 1.54) is 17.3 Å². The van der Waals surface area contributed by atoms with E-state index in [1.54, 1.807) is 6.20 Å². The molecule has 0 fully saturated rings. The molecule has 1 aromatic carbocycles. The lowest BCUT2D eigenvalue weighted by Gasteiger charge is -2.07. The summed E-state index contributed by atoms with van der Waals surface area (Å²) in [5.74, 6) is 1.07. The van der Waals surface area contributed by atoms with Crippen molar-refractivity contribution >= 4 is 11.8 Å². The first kappa shape index (κ1) is 15.8. The van der Waals surface area contributed by atoms with Crippen LogP contribution in [0.4, 0.5) is 0 Å². The third-order valence-corrected chi connectivity index (χ3v) is 4.72. The van der Waals surface area contributed by atoms with E-state index in [0.717, 1.165) is 16.4 Å². The molecular formula is C16H18N4O2S. The van der Waals surface area contributed by atoms with Crippen molar-refractivity contribution in [3.63, 3.8) is 0 Å². The number of thioether (sulfide) groups is 1.